The molecular formula is C16H20N4O4. The second kappa shape index (κ2) is 7.31. The Morgan fingerprint density at radius 2 is 2.00 bits per heavy atom. The summed E-state index contributed by atoms with van der Waals surface area (Å²) in [6.45, 7) is 2.61. The number of nitrogens with zero attached hydrogens (tertiary/aromatic N) is 4. The first-order valence-electron chi connectivity index (χ1n) is 7.72. The van der Waals surface area contributed by atoms with Gasteiger partial charge in [0.05, 0.1) is 20.3 Å². The molecule has 128 valence electrons. The maximum absolute atomic E-state index is 12.3. The van der Waals surface area contributed by atoms with Gasteiger partial charge in [0.15, 0.2) is 0 Å². The number of hydrogen-bond donors (Lipinski definition) is 0. The molecule has 1 aliphatic rings. The summed E-state index contributed by atoms with van der Waals surface area (Å²) < 4.78 is 15.6. The molecule has 0 N–H and O–H groups in total. The van der Waals surface area contributed by atoms with Gasteiger partial charge in [-0.15, -0.1) is 0 Å². The zero-order valence-corrected chi connectivity index (χ0v) is 13.8. The highest BCUT2D eigenvalue weighted by Gasteiger charge is 2.22. The van der Waals surface area contributed by atoms with Gasteiger partial charge in [-0.25, -0.2) is 4.79 Å². The van der Waals surface area contributed by atoms with Crippen LogP contribution >= 0.6 is 0 Å². The topological polar surface area (TPSA) is 80.9 Å². The second-order valence-electron chi connectivity index (χ2n) is 5.48. The molecule has 1 fully saturated rings. The monoisotopic (exact) mass is 332 g/mol. The Labute approximate surface area is 139 Å². The van der Waals surface area contributed by atoms with E-state index in [0.29, 0.717) is 38.0 Å². The zero-order chi connectivity index (χ0) is 16.9. The maximum Gasteiger partial charge on any atom is 0.320 e. The van der Waals surface area contributed by atoms with E-state index in [-0.39, 0.29) is 12.6 Å². The Hall–Kier alpha value is -2.61. The highest BCUT2D eigenvalue weighted by molar-refractivity contribution is 5.74. The van der Waals surface area contributed by atoms with Gasteiger partial charge in [-0.2, -0.15) is 4.98 Å². The van der Waals surface area contributed by atoms with Gasteiger partial charge < -0.3 is 23.8 Å². The first kappa shape index (κ1) is 16.3. The molecule has 3 rings (SSSR count). The summed E-state index contributed by atoms with van der Waals surface area (Å²) in [7, 11) is 3.33. The molecule has 2 amide bonds. The average molecular weight is 332 g/mol. The molecule has 0 atom stereocenters. The molecule has 2 heterocycles. The molecule has 1 saturated heterocycles. The number of methoxy groups -OCH3 is 1. The van der Waals surface area contributed by atoms with Gasteiger partial charge >= 0.3 is 6.03 Å². The molecular weight excluding hydrogens is 312 g/mol. The highest BCUT2D eigenvalue weighted by Crippen LogP contribution is 2.20. The van der Waals surface area contributed by atoms with Crippen molar-refractivity contribution in [2.45, 2.75) is 6.54 Å². The lowest BCUT2D eigenvalue weighted by Crippen LogP contribution is -2.46. The van der Waals surface area contributed by atoms with E-state index in [0.717, 1.165) is 11.3 Å². The number of rotatable bonds is 4. The summed E-state index contributed by atoms with van der Waals surface area (Å²) in [6, 6.07) is 7.31. The van der Waals surface area contributed by atoms with E-state index in [4.69, 9.17) is 14.0 Å². The van der Waals surface area contributed by atoms with Crippen molar-refractivity contribution in [3.05, 3.63) is 30.2 Å². The van der Waals surface area contributed by atoms with Crippen molar-refractivity contribution in [2.75, 3.05) is 40.5 Å². The van der Waals surface area contributed by atoms with Gasteiger partial charge in [0.1, 0.15) is 12.3 Å². The van der Waals surface area contributed by atoms with E-state index < -0.39 is 0 Å². The summed E-state index contributed by atoms with van der Waals surface area (Å²) in [6.07, 6.45) is 0. The van der Waals surface area contributed by atoms with Crippen molar-refractivity contribution < 1.29 is 18.8 Å². The van der Waals surface area contributed by atoms with Gasteiger partial charge in [0, 0.05) is 25.7 Å². The number of carbonyl (C=O) groups excluding carboxylic acids is 1. The Kier molecular flexibility index (Phi) is 4.95. The third-order valence-electron chi connectivity index (χ3n) is 3.80. The van der Waals surface area contributed by atoms with Crippen LogP contribution in [0.25, 0.3) is 11.4 Å². The van der Waals surface area contributed by atoms with E-state index in [1.54, 1.807) is 24.0 Å². The van der Waals surface area contributed by atoms with Crippen molar-refractivity contribution in [3.63, 3.8) is 0 Å². The first-order valence-corrected chi connectivity index (χ1v) is 7.72. The second-order valence-corrected chi connectivity index (χ2v) is 5.48. The van der Waals surface area contributed by atoms with Crippen molar-refractivity contribution in [1.82, 2.24) is 19.9 Å². The van der Waals surface area contributed by atoms with Crippen molar-refractivity contribution in [1.29, 1.82) is 0 Å². The van der Waals surface area contributed by atoms with E-state index in [1.165, 1.54) is 0 Å². The van der Waals surface area contributed by atoms with Crippen LogP contribution in [0.3, 0.4) is 0 Å². The molecule has 8 nitrogen and oxygen atoms in total. The van der Waals surface area contributed by atoms with Crippen molar-refractivity contribution in [3.8, 4) is 17.1 Å². The fraction of sp³-hybridized carbons (Fsp3) is 0.438. The molecule has 1 aliphatic heterocycles. The largest absolute Gasteiger partial charge is 0.497 e. The van der Waals surface area contributed by atoms with Gasteiger partial charge in [-0.1, -0.05) is 5.16 Å². The standard InChI is InChI=1S/C16H20N4O4/c1-19(16(21)20-7-9-23-10-8-20)11-14-17-15(18-24-14)12-3-5-13(22-2)6-4-12/h3-6H,7-11H2,1-2H3. The van der Waals surface area contributed by atoms with Crippen LogP contribution in [0.15, 0.2) is 28.8 Å². The molecule has 8 heteroatoms. The van der Waals surface area contributed by atoms with E-state index in [1.807, 2.05) is 24.3 Å². The SMILES string of the molecule is COc1ccc(-c2noc(CN(C)C(=O)N3CCOCC3)n2)cc1. The van der Waals surface area contributed by atoms with Crippen LogP contribution in [-0.4, -0.2) is 66.4 Å². The molecule has 24 heavy (non-hydrogen) atoms. The van der Waals surface area contributed by atoms with Crippen molar-refractivity contribution >= 4 is 6.03 Å². The molecule has 1 aromatic heterocycles. The minimum Gasteiger partial charge on any atom is -0.497 e. The summed E-state index contributed by atoms with van der Waals surface area (Å²) in [5.41, 5.74) is 0.827. The third-order valence-corrected chi connectivity index (χ3v) is 3.80. The molecule has 0 saturated carbocycles. The van der Waals surface area contributed by atoms with Crippen LogP contribution in [0.4, 0.5) is 4.79 Å². The average Bonchev–Trinajstić information content (AvgIpc) is 3.10. The first-order chi connectivity index (χ1) is 11.7. The molecule has 0 aliphatic carbocycles. The molecule has 0 bridgehead atoms. The van der Waals surface area contributed by atoms with E-state index in [9.17, 15) is 4.79 Å². The van der Waals surface area contributed by atoms with Crippen LogP contribution in [0, 0.1) is 0 Å². The quantitative estimate of drug-likeness (QED) is 0.846. The van der Waals surface area contributed by atoms with Crippen molar-refractivity contribution in [2.24, 2.45) is 0 Å². The third kappa shape index (κ3) is 3.65. The predicted molar refractivity (Wildman–Crippen MR) is 85.5 cm³/mol. The number of hydrogen-bond acceptors (Lipinski definition) is 6. The maximum atomic E-state index is 12.3. The summed E-state index contributed by atoms with van der Waals surface area (Å²) in [5.74, 6) is 1.64. The minimum absolute atomic E-state index is 0.0671. The lowest BCUT2D eigenvalue weighted by Gasteiger charge is -2.30. The highest BCUT2D eigenvalue weighted by atomic mass is 16.5. The van der Waals surface area contributed by atoms with Crippen LogP contribution in [-0.2, 0) is 11.3 Å². The van der Waals surface area contributed by atoms with Gasteiger partial charge in [-0.05, 0) is 24.3 Å². The molecule has 0 spiro atoms. The molecule has 2 aromatic rings. The van der Waals surface area contributed by atoms with Gasteiger partial charge in [-0.3, -0.25) is 0 Å². The fourth-order valence-corrected chi connectivity index (χ4v) is 2.44. The van der Waals surface area contributed by atoms with Crippen LogP contribution in [0.2, 0.25) is 0 Å². The molecule has 0 unspecified atom stereocenters. The number of aromatic nitrogens is 2. The number of amides is 2. The molecule has 1 aromatic carbocycles. The Bertz CT molecular complexity index is 680. The van der Waals surface area contributed by atoms with E-state index >= 15 is 0 Å². The number of ether oxygens (including phenoxy) is 2. The number of carbonyl (C=O) groups is 1. The summed E-state index contributed by atoms with van der Waals surface area (Å²) >= 11 is 0. The smallest absolute Gasteiger partial charge is 0.320 e. The predicted octanol–water partition coefficient (Wildman–Crippen LogP) is 1.63. The minimum atomic E-state index is -0.0671. The Balaban J connectivity index is 1.63. The van der Waals surface area contributed by atoms with E-state index in [2.05, 4.69) is 10.1 Å². The lowest BCUT2D eigenvalue weighted by molar-refractivity contribution is 0.0441. The Morgan fingerprint density at radius 3 is 2.67 bits per heavy atom. The summed E-state index contributed by atoms with van der Waals surface area (Å²) in [5, 5.41) is 3.97. The summed E-state index contributed by atoms with van der Waals surface area (Å²) in [4.78, 5) is 20.0. The van der Waals surface area contributed by atoms with Gasteiger partial charge in [0.2, 0.25) is 11.7 Å². The zero-order valence-electron chi connectivity index (χ0n) is 13.8. The van der Waals surface area contributed by atoms with Crippen LogP contribution < -0.4 is 4.74 Å². The number of morpholine rings is 1. The number of benzene rings is 1. The molecule has 0 radical (unpaired) electrons. The fourth-order valence-electron chi connectivity index (χ4n) is 2.44. The Morgan fingerprint density at radius 1 is 1.29 bits per heavy atom. The lowest BCUT2D eigenvalue weighted by atomic mass is 10.2. The van der Waals surface area contributed by atoms with Crippen LogP contribution in [0.1, 0.15) is 5.89 Å². The van der Waals surface area contributed by atoms with Crippen LogP contribution in [0.5, 0.6) is 5.75 Å². The van der Waals surface area contributed by atoms with Gasteiger partial charge in [0.25, 0.3) is 0 Å². The normalized spacial score (nSPS) is 14.5. The number of urea groups is 1.